The van der Waals surface area contributed by atoms with Crippen molar-refractivity contribution in [1.82, 2.24) is 0 Å². The summed E-state index contributed by atoms with van der Waals surface area (Å²) in [7, 11) is 2.17. The Balaban J connectivity index is 1.54. The minimum Gasteiger partial charge on any atom is -0.349 e. The molecule has 3 nitrogen and oxygen atoms in total. The lowest BCUT2D eigenvalue weighted by atomic mass is 9.77. The van der Waals surface area contributed by atoms with E-state index < -0.39 is 5.72 Å². The molecule has 1 unspecified atom stereocenters. The first-order chi connectivity index (χ1) is 13.8. The number of hydrogen-bond donors (Lipinski definition) is 0. The third-order valence-electron chi connectivity index (χ3n) is 7.32. The van der Waals surface area contributed by atoms with Gasteiger partial charge in [0.05, 0.1) is 6.61 Å². The van der Waals surface area contributed by atoms with Gasteiger partial charge in [0.2, 0.25) is 0 Å². The topological polar surface area (TPSA) is 15.7 Å². The van der Waals surface area contributed by atoms with E-state index in [0.717, 1.165) is 13.2 Å². The zero-order valence-electron chi connectivity index (χ0n) is 18.1. The Morgan fingerprint density at radius 1 is 0.897 bits per heavy atom. The Kier molecular flexibility index (Phi) is 3.82. The van der Waals surface area contributed by atoms with E-state index in [2.05, 4.69) is 111 Å². The average molecular weight is 387 g/mol. The van der Waals surface area contributed by atoms with Gasteiger partial charge in [-0.15, -0.1) is 0 Å². The average Bonchev–Trinajstić information content (AvgIpc) is 3.28. The fourth-order valence-electron chi connectivity index (χ4n) is 5.70. The molecule has 2 aromatic rings. The summed E-state index contributed by atoms with van der Waals surface area (Å²) in [4.78, 5) is 4.76. The van der Waals surface area contributed by atoms with Crippen molar-refractivity contribution < 1.29 is 4.74 Å². The van der Waals surface area contributed by atoms with Crippen molar-refractivity contribution in [3.63, 3.8) is 0 Å². The molecule has 5 rings (SSSR count). The second kappa shape index (κ2) is 5.99. The highest BCUT2D eigenvalue weighted by molar-refractivity contribution is 5.71. The summed E-state index contributed by atoms with van der Waals surface area (Å²) >= 11 is 0. The number of rotatable bonds is 2. The first-order valence-electron chi connectivity index (χ1n) is 10.5. The van der Waals surface area contributed by atoms with E-state index in [-0.39, 0.29) is 10.8 Å². The van der Waals surface area contributed by atoms with Crippen LogP contribution in [0.3, 0.4) is 0 Å². The molecule has 0 bridgehead atoms. The second-order valence-corrected chi connectivity index (χ2v) is 9.45. The zero-order chi connectivity index (χ0) is 20.4. The maximum atomic E-state index is 6.46. The molecule has 150 valence electrons. The minimum absolute atomic E-state index is 0.0161. The summed E-state index contributed by atoms with van der Waals surface area (Å²) < 4.78 is 6.46. The van der Waals surface area contributed by atoms with Gasteiger partial charge in [-0.3, -0.25) is 0 Å². The van der Waals surface area contributed by atoms with E-state index in [9.17, 15) is 0 Å². The van der Waals surface area contributed by atoms with Gasteiger partial charge >= 0.3 is 0 Å². The molecule has 0 spiro atoms. The lowest BCUT2D eigenvalue weighted by Gasteiger charge is -2.39. The largest absolute Gasteiger partial charge is 0.349 e. The number of allylic oxidation sites excluding steroid dienone is 3. The number of nitrogens with zero attached hydrogens (tertiary/aromatic N) is 2. The summed E-state index contributed by atoms with van der Waals surface area (Å²) in [5.41, 5.74) is 6.09. The van der Waals surface area contributed by atoms with Gasteiger partial charge in [-0.25, -0.2) is 0 Å². The van der Waals surface area contributed by atoms with E-state index >= 15 is 0 Å². The smallest absolute Gasteiger partial charge is 0.170 e. The second-order valence-electron chi connectivity index (χ2n) is 9.45. The van der Waals surface area contributed by atoms with E-state index in [4.69, 9.17) is 4.74 Å². The molecule has 1 fully saturated rings. The highest BCUT2D eigenvalue weighted by Crippen LogP contribution is 2.55. The molecule has 1 saturated heterocycles. The fourth-order valence-corrected chi connectivity index (χ4v) is 5.70. The number of para-hydroxylation sites is 2. The molecule has 29 heavy (non-hydrogen) atoms. The lowest BCUT2D eigenvalue weighted by molar-refractivity contribution is -0.000299. The van der Waals surface area contributed by atoms with Crippen LogP contribution in [0.4, 0.5) is 11.4 Å². The van der Waals surface area contributed by atoms with E-state index in [1.807, 2.05) is 0 Å². The fraction of sp³-hybridized carbons (Fsp3) is 0.385. The molecule has 0 saturated carbocycles. The molecule has 0 N–H and O–H groups in total. The highest BCUT2D eigenvalue weighted by atomic mass is 16.5. The van der Waals surface area contributed by atoms with E-state index in [1.54, 1.807) is 0 Å². The number of benzene rings is 2. The van der Waals surface area contributed by atoms with Crippen LogP contribution in [0, 0.1) is 0 Å². The van der Waals surface area contributed by atoms with E-state index in [0.29, 0.717) is 0 Å². The van der Waals surface area contributed by atoms with Gasteiger partial charge in [-0.2, -0.15) is 0 Å². The molecular formula is C26H30N2O. The molecule has 3 heteroatoms. The maximum absolute atomic E-state index is 6.46. The van der Waals surface area contributed by atoms with Crippen LogP contribution in [0.15, 0.2) is 72.5 Å². The van der Waals surface area contributed by atoms with Crippen molar-refractivity contribution in [2.75, 3.05) is 30.0 Å². The lowest BCUT2D eigenvalue weighted by Crippen LogP contribution is -2.51. The van der Waals surface area contributed by atoms with Gasteiger partial charge < -0.3 is 14.5 Å². The SMILES string of the molecule is CN1/C(=C\C=C\C23OCCN2c2ccccc2C3(C)C)C(C)(C)c2ccccc21. The summed E-state index contributed by atoms with van der Waals surface area (Å²) in [5, 5.41) is 0. The molecular weight excluding hydrogens is 356 g/mol. The predicted molar refractivity (Wildman–Crippen MR) is 121 cm³/mol. The van der Waals surface area contributed by atoms with Gasteiger partial charge in [0.1, 0.15) is 0 Å². The molecule has 3 aliphatic rings. The van der Waals surface area contributed by atoms with Crippen molar-refractivity contribution in [3.8, 4) is 0 Å². The maximum Gasteiger partial charge on any atom is 0.170 e. The van der Waals surface area contributed by atoms with Crippen LogP contribution in [0.5, 0.6) is 0 Å². The van der Waals surface area contributed by atoms with Gasteiger partial charge in [0, 0.05) is 41.5 Å². The van der Waals surface area contributed by atoms with Crippen LogP contribution >= 0.6 is 0 Å². The van der Waals surface area contributed by atoms with Crippen LogP contribution in [-0.2, 0) is 15.6 Å². The van der Waals surface area contributed by atoms with E-state index in [1.165, 1.54) is 28.2 Å². The van der Waals surface area contributed by atoms with Crippen molar-refractivity contribution in [2.24, 2.45) is 0 Å². The van der Waals surface area contributed by atoms with Crippen LogP contribution in [-0.4, -0.2) is 25.9 Å². The highest BCUT2D eigenvalue weighted by Gasteiger charge is 2.58. The third kappa shape index (κ3) is 2.28. The van der Waals surface area contributed by atoms with Gasteiger partial charge in [0.15, 0.2) is 5.72 Å². The minimum atomic E-state index is -0.429. The molecule has 0 radical (unpaired) electrons. The predicted octanol–water partition coefficient (Wildman–Crippen LogP) is 5.38. The molecule has 3 aliphatic heterocycles. The molecule has 0 aromatic heterocycles. The Hall–Kier alpha value is -2.52. The van der Waals surface area contributed by atoms with Crippen molar-refractivity contribution in [3.05, 3.63) is 83.6 Å². The Labute approximate surface area is 174 Å². The van der Waals surface area contributed by atoms with Crippen LogP contribution < -0.4 is 9.80 Å². The molecule has 2 aromatic carbocycles. The first kappa shape index (κ1) is 18.5. The molecule has 1 atom stereocenters. The third-order valence-corrected chi connectivity index (χ3v) is 7.32. The van der Waals surface area contributed by atoms with Gasteiger partial charge in [-0.1, -0.05) is 70.2 Å². The van der Waals surface area contributed by atoms with Crippen LogP contribution in [0.2, 0.25) is 0 Å². The van der Waals surface area contributed by atoms with Gasteiger partial charge in [-0.05, 0) is 35.4 Å². The number of ether oxygens (including phenoxy) is 1. The monoisotopic (exact) mass is 386 g/mol. The zero-order valence-corrected chi connectivity index (χ0v) is 18.1. The van der Waals surface area contributed by atoms with Crippen molar-refractivity contribution in [2.45, 2.75) is 44.2 Å². The summed E-state index contributed by atoms with van der Waals surface area (Å²) in [6.45, 7) is 10.9. The molecule has 3 heterocycles. The number of likely N-dealkylation sites (N-methyl/N-ethyl adjacent to an activating group) is 1. The Bertz CT molecular complexity index is 1030. The summed E-state index contributed by atoms with van der Waals surface area (Å²) in [6, 6.07) is 17.4. The number of anilines is 2. The van der Waals surface area contributed by atoms with Gasteiger partial charge in [0.25, 0.3) is 0 Å². The van der Waals surface area contributed by atoms with Crippen LogP contribution in [0.1, 0.15) is 38.8 Å². The summed E-state index contributed by atoms with van der Waals surface area (Å²) in [5.74, 6) is 0. The first-order valence-corrected chi connectivity index (χ1v) is 10.5. The number of hydrogen-bond acceptors (Lipinski definition) is 3. The number of fused-ring (bicyclic) bond motifs is 4. The van der Waals surface area contributed by atoms with Crippen molar-refractivity contribution in [1.29, 1.82) is 0 Å². The quantitative estimate of drug-likeness (QED) is 0.689. The van der Waals surface area contributed by atoms with Crippen LogP contribution in [0.25, 0.3) is 0 Å². The molecule has 0 amide bonds. The summed E-state index contributed by atoms with van der Waals surface area (Å²) in [6.07, 6.45) is 6.76. The normalized spacial score (nSPS) is 27.6. The van der Waals surface area contributed by atoms with Crippen molar-refractivity contribution >= 4 is 11.4 Å². The Morgan fingerprint density at radius 2 is 1.55 bits per heavy atom. The molecule has 0 aliphatic carbocycles. The Morgan fingerprint density at radius 3 is 2.28 bits per heavy atom. The standard InChI is InChI=1S/C26H30N2O/c1-24(2)19-11-6-8-13-21(19)27(5)23(24)15-10-16-26-25(3,4)20-12-7-9-14-22(20)28(26)17-18-29-26/h6-16H,17-18H2,1-5H3/b16-10+,23-15-.